The van der Waals surface area contributed by atoms with Gasteiger partial charge in [0.2, 0.25) is 5.91 Å². The standard InChI is InChI=1S/C19H21NO3/c1-14-8-9-15(2)17(12-14)18(21)10-11-19(22)20-23-13-16-6-4-3-5-7-16/h3-9,12H,10-11,13H2,1-2H3,(H,20,22). The monoisotopic (exact) mass is 311 g/mol. The average molecular weight is 311 g/mol. The fourth-order valence-electron chi connectivity index (χ4n) is 2.22. The maximum absolute atomic E-state index is 12.2. The quantitative estimate of drug-likeness (QED) is 0.629. The molecule has 0 aliphatic rings. The lowest BCUT2D eigenvalue weighted by atomic mass is 9.99. The van der Waals surface area contributed by atoms with Crippen molar-refractivity contribution in [2.75, 3.05) is 0 Å². The van der Waals surface area contributed by atoms with Crippen molar-refractivity contribution >= 4 is 11.7 Å². The summed E-state index contributed by atoms with van der Waals surface area (Å²) in [4.78, 5) is 29.1. The molecule has 0 saturated heterocycles. The third-order valence-corrected chi connectivity index (χ3v) is 3.54. The van der Waals surface area contributed by atoms with Crippen LogP contribution < -0.4 is 5.48 Å². The number of aryl methyl sites for hydroxylation is 2. The van der Waals surface area contributed by atoms with Gasteiger partial charge in [0, 0.05) is 18.4 Å². The van der Waals surface area contributed by atoms with Crippen molar-refractivity contribution in [3.8, 4) is 0 Å². The Kier molecular flexibility index (Phi) is 6.06. The summed E-state index contributed by atoms with van der Waals surface area (Å²) in [5.74, 6) is -0.316. The predicted molar refractivity (Wildman–Crippen MR) is 88.9 cm³/mol. The molecule has 1 N–H and O–H groups in total. The average Bonchev–Trinajstić information content (AvgIpc) is 2.56. The normalized spacial score (nSPS) is 10.3. The number of nitrogens with one attached hydrogen (secondary N) is 1. The highest BCUT2D eigenvalue weighted by atomic mass is 16.6. The fraction of sp³-hybridized carbons (Fsp3) is 0.263. The molecule has 2 aromatic carbocycles. The Bertz CT molecular complexity index is 680. The van der Waals surface area contributed by atoms with Crippen LogP contribution in [0.15, 0.2) is 48.5 Å². The first-order valence-corrected chi connectivity index (χ1v) is 7.61. The van der Waals surface area contributed by atoms with Gasteiger partial charge in [-0.25, -0.2) is 5.48 Å². The van der Waals surface area contributed by atoms with E-state index in [0.717, 1.165) is 16.7 Å². The summed E-state index contributed by atoms with van der Waals surface area (Å²) in [6, 6.07) is 15.3. The van der Waals surface area contributed by atoms with Gasteiger partial charge in [-0.1, -0.05) is 48.0 Å². The molecule has 2 rings (SSSR count). The lowest BCUT2D eigenvalue weighted by Crippen LogP contribution is -2.24. The molecule has 0 aliphatic heterocycles. The van der Waals surface area contributed by atoms with E-state index in [-0.39, 0.29) is 24.5 Å². The van der Waals surface area contributed by atoms with Gasteiger partial charge in [-0.2, -0.15) is 0 Å². The summed E-state index contributed by atoms with van der Waals surface area (Å²) in [7, 11) is 0. The van der Waals surface area contributed by atoms with Crippen LogP contribution in [0.4, 0.5) is 0 Å². The first kappa shape index (κ1) is 16.9. The van der Waals surface area contributed by atoms with Crippen molar-refractivity contribution < 1.29 is 14.4 Å². The first-order chi connectivity index (χ1) is 11.1. The molecular formula is C19H21NO3. The fourth-order valence-corrected chi connectivity index (χ4v) is 2.22. The van der Waals surface area contributed by atoms with Gasteiger partial charge >= 0.3 is 0 Å². The van der Waals surface area contributed by atoms with Gasteiger partial charge in [0.05, 0.1) is 6.61 Å². The second kappa shape index (κ2) is 8.25. The minimum Gasteiger partial charge on any atom is -0.294 e. The number of amides is 1. The number of carbonyl (C=O) groups is 2. The van der Waals surface area contributed by atoms with Gasteiger partial charge in [-0.15, -0.1) is 0 Å². The van der Waals surface area contributed by atoms with Crippen molar-refractivity contribution in [3.05, 3.63) is 70.8 Å². The van der Waals surface area contributed by atoms with Gasteiger partial charge in [-0.3, -0.25) is 14.4 Å². The van der Waals surface area contributed by atoms with Crippen molar-refractivity contribution in [3.63, 3.8) is 0 Å². The predicted octanol–water partition coefficient (Wildman–Crippen LogP) is 3.51. The van der Waals surface area contributed by atoms with E-state index in [9.17, 15) is 9.59 Å². The van der Waals surface area contributed by atoms with E-state index < -0.39 is 0 Å². The molecule has 0 heterocycles. The molecule has 0 aliphatic carbocycles. The Morgan fingerprint density at radius 1 is 1.00 bits per heavy atom. The van der Waals surface area contributed by atoms with Crippen LogP contribution in [-0.2, 0) is 16.2 Å². The second-order valence-corrected chi connectivity index (χ2v) is 5.54. The molecule has 4 nitrogen and oxygen atoms in total. The molecule has 4 heteroatoms. The zero-order valence-electron chi connectivity index (χ0n) is 13.5. The molecule has 0 unspecified atom stereocenters. The highest BCUT2D eigenvalue weighted by Crippen LogP contribution is 2.13. The largest absolute Gasteiger partial charge is 0.294 e. The highest BCUT2D eigenvalue weighted by molar-refractivity contribution is 5.99. The number of hydroxylamine groups is 1. The Hall–Kier alpha value is -2.46. The van der Waals surface area contributed by atoms with Gasteiger partial charge in [0.15, 0.2) is 5.78 Å². The molecule has 0 fully saturated rings. The minimum atomic E-state index is -0.292. The molecule has 0 bridgehead atoms. The number of hydrogen-bond acceptors (Lipinski definition) is 3. The lowest BCUT2D eigenvalue weighted by Gasteiger charge is -2.07. The maximum atomic E-state index is 12.2. The van der Waals surface area contributed by atoms with E-state index >= 15 is 0 Å². The number of hydrogen-bond donors (Lipinski definition) is 1. The highest BCUT2D eigenvalue weighted by Gasteiger charge is 2.12. The van der Waals surface area contributed by atoms with E-state index in [0.29, 0.717) is 12.2 Å². The van der Waals surface area contributed by atoms with Crippen LogP contribution in [0.1, 0.15) is 39.9 Å². The van der Waals surface area contributed by atoms with Crippen LogP contribution in [0.3, 0.4) is 0 Å². The van der Waals surface area contributed by atoms with Crippen molar-refractivity contribution in [1.29, 1.82) is 0 Å². The van der Waals surface area contributed by atoms with Gasteiger partial charge in [-0.05, 0) is 31.0 Å². The summed E-state index contributed by atoms with van der Waals surface area (Å²) in [5.41, 5.74) is 6.00. The first-order valence-electron chi connectivity index (χ1n) is 7.61. The van der Waals surface area contributed by atoms with Gasteiger partial charge in [0.25, 0.3) is 0 Å². The molecule has 0 atom stereocenters. The van der Waals surface area contributed by atoms with Crippen LogP contribution in [0.2, 0.25) is 0 Å². The second-order valence-electron chi connectivity index (χ2n) is 5.54. The van der Waals surface area contributed by atoms with Crippen molar-refractivity contribution in [2.45, 2.75) is 33.3 Å². The molecule has 0 saturated carbocycles. The summed E-state index contributed by atoms with van der Waals surface area (Å²) >= 11 is 0. The van der Waals surface area contributed by atoms with Crippen LogP contribution in [0.25, 0.3) is 0 Å². The Labute approximate surface area is 136 Å². The van der Waals surface area contributed by atoms with Gasteiger partial charge in [0.1, 0.15) is 0 Å². The van der Waals surface area contributed by atoms with Crippen molar-refractivity contribution in [1.82, 2.24) is 5.48 Å². The van der Waals surface area contributed by atoms with E-state index in [1.807, 2.05) is 62.4 Å². The van der Waals surface area contributed by atoms with E-state index in [1.54, 1.807) is 0 Å². The van der Waals surface area contributed by atoms with Gasteiger partial charge < -0.3 is 0 Å². The maximum Gasteiger partial charge on any atom is 0.243 e. The molecule has 23 heavy (non-hydrogen) atoms. The van der Waals surface area contributed by atoms with Crippen LogP contribution in [0, 0.1) is 13.8 Å². The van der Waals surface area contributed by atoms with E-state index in [2.05, 4.69) is 5.48 Å². The third-order valence-electron chi connectivity index (χ3n) is 3.54. The number of ketones is 1. The summed E-state index contributed by atoms with van der Waals surface area (Å²) in [6.45, 7) is 4.15. The zero-order chi connectivity index (χ0) is 16.7. The zero-order valence-corrected chi connectivity index (χ0v) is 13.5. The Balaban J connectivity index is 1.75. The van der Waals surface area contributed by atoms with Crippen LogP contribution in [0.5, 0.6) is 0 Å². The Morgan fingerprint density at radius 2 is 1.74 bits per heavy atom. The molecule has 2 aromatic rings. The topological polar surface area (TPSA) is 55.4 Å². The number of Topliss-reactive ketones (excluding diaryl/α,β-unsaturated/α-hetero) is 1. The molecular weight excluding hydrogens is 290 g/mol. The summed E-state index contributed by atoms with van der Waals surface area (Å²) < 4.78 is 0. The molecule has 0 radical (unpaired) electrons. The lowest BCUT2D eigenvalue weighted by molar-refractivity contribution is -0.134. The SMILES string of the molecule is Cc1ccc(C)c(C(=O)CCC(=O)NOCc2ccccc2)c1. The smallest absolute Gasteiger partial charge is 0.243 e. The summed E-state index contributed by atoms with van der Waals surface area (Å²) in [5, 5.41) is 0. The summed E-state index contributed by atoms with van der Waals surface area (Å²) in [6.07, 6.45) is 0.284. The van der Waals surface area contributed by atoms with Crippen LogP contribution in [-0.4, -0.2) is 11.7 Å². The van der Waals surface area contributed by atoms with Crippen molar-refractivity contribution in [2.24, 2.45) is 0 Å². The molecule has 1 amide bonds. The minimum absolute atomic E-state index is 0.0237. The molecule has 120 valence electrons. The number of rotatable bonds is 7. The number of benzene rings is 2. The Morgan fingerprint density at radius 3 is 2.48 bits per heavy atom. The van der Waals surface area contributed by atoms with E-state index in [4.69, 9.17) is 4.84 Å². The van der Waals surface area contributed by atoms with Crippen LogP contribution >= 0.6 is 0 Å². The number of carbonyl (C=O) groups excluding carboxylic acids is 2. The molecule has 0 spiro atoms. The van der Waals surface area contributed by atoms with E-state index in [1.165, 1.54) is 0 Å². The molecule has 0 aromatic heterocycles. The third kappa shape index (κ3) is 5.34.